The predicted octanol–water partition coefficient (Wildman–Crippen LogP) is 2.21. The fourth-order valence-electron chi connectivity index (χ4n) is 1.68. The normalized spacial score (nSPS) is 11.1. The molecule has 4 nitrogen and oxygen atoms in total. The molecule has 0 aromatic carbocycles. The third-order valence-corrected chi connectivity index (χ3v) is 4.20. The van der Waals surface area contributed by atoms with E-state index in [1.807, 2.05) is 22.9 Å². The second-order valence-electron chi connectivity index (χ2n) is 3.48. The first-order chi connectivity index (χ1) is 8.29. The molecule has 0 amide bonds. The van der Waals surface area contributed by atoms with Gasteiger partial charge in [-0.2, -0.15) is 0 Å². The van der Waals surface area contributed by atoms with Gasteiger partial charge >= 0.3 is 0 Å². The third kappa shape index (κ3) is 1.70. The summed E-state index contributed by atoms with van der Waals surface area (Å²) < 4.78 is 0. The SMILES string of the molecule is O=c1[nH]c(CO)nc2scc(-c3cccs3)c12. The van der Waals surface area contributed by atoms with Crippen LogP contribution in [0.25, 0.3) is 20.7 Å². The standard InChI is InChI=1S/C11H8N2O2S2/c14-4-8-12-10(15)9-6(5-17-11(9)13-8)7-2-1-3-16-7/h1-3,5,14H,4H2,(H,12,13,15). The summed E-state index contributed by atoms with van der Waals surface area (Å²) in [5, 5.41) is 13.5. The third-order valence-electron chi connectivity index (χ3n) is 2.43. The van der Waals surface area contributed by atoms with Crippen LogP contribution in [0.15, 0.2) is 27.7 Å². The Bertz CT molecular complexity index is 713. The number of fused-ring (bicyclic) bond motifs is 1. The van der Waals surface area contributed by atoms with Crippen molar-refractivity contribution in [3.05, 3.63) is 39.1 Å². The summed E-state index contributed by atoms with van der Waals surface area (Å²) in [6.07, 6.45) is 0. The topological polar surface area (TPSA) is 66.0 Å². The maximum Gasteiger partial charge on any atom is 0.260 e. The summed E-state index contributed by atoms with van der Waals surface area (Å²) in [5.74, 6) is 0.307. The number of nitrogens with zero attached hydrogens (tertiary/aromatic N) is 1. The molecule has 0 aliphatic rings. The second kappa shape index (κ2) is 4.06. The molecule has 17 heavy (non-hydrogen) atoms. The number of aromatic nitrogens is 2. The maximum absolute atomic E-state index is 11.9. The molecule has 0 bridgehead atoms. The van der Waals surface area contributed by atoms with Crippen molar-refractivity contribution < 1.29 is 5.11 Å². The first-order valence-electron chi connectivity index (χ1n) is 4.94. The summed E-state index contributed by atoms with van der Waals surface area (Å²) >= 11 is 3.01. The molecule has 3 aromatic rings. The monoisotopic (exact) mass is 264 g/mol. The lowest BCUT2D eigenvalue weighted by atomic mass is 10.2. The van der Waals surface area contributed by atoms with Crippen LogP contribution in [-0.4, -0.2) is 15.1 Å². The molecule has 6 heteroatoms. The molecule has 0 spiro atoms. The summed E-state index contributed by atoms with van der Waals surface area (Å²) in [6, 6.07) is 3.93. The number of thiophene rings is 2. The number of hydrogen-bond donors (Lipinski definition) is 2. The van der Waals surface area contributed by atoms with Crippen molar-refractivity contribution in [1.82, 2.24) is 9.97 Å². The van der Waals surface area contributed by atoms with Crippen LogP contribution in [0, 0.1) is 0 Å². The van der Waals surface area contributed by atoms with E-state index in [9.17, 15) is 4.79 Å². The van der Waals surface area contributed by atoms with Crippen molar-refractivity contribution in [3.8, 4) is 10.4 Å². The number of hydrogen-bond acceptors (Lipinski definition) is 5. The highest BCUT2D eigenvalue weighted by Crippen LogP contribution is 2.33. The molecule has 3 heterocycles. The van der Waals surface area contributed by atoms with Gasteiger partial charge in [-0.1, -0.05) is 6.07 Å². The summed E-state index contributed by atoms with van der Waals surface area (Å²) in [5.41, 5.74) is 0.724. The number of H-pyrrole nitrogens is 1. The van der Waals surface area contributed by atoms with E-state index >= 15 is 0 Å². The fourth-order valence-corrected chi connectivity index (χ4v) is 3.46. The summed E-state index contributed by atoms with van der Waals surface area (Å²) in [4.78, 5) is 20.4. The van der Waals surface area contributed by atoms with Gasteiger partial charge in [0.15, 0.2) is 0 Å². The van der Waals surface area contributed by atoms with Crippen LogP contribution in [0.1, 0.15) is 5.82 Å². The van der Waals surface area contributed by atoms with Gasteiger partial charge in [-0.3, -0.25) is 4.79 Å². The van der Waals surface area contributed by atoms with Crippen molar-refractivity contribution >= 4 is 32.9 Å². The number of aromatic amines is 1. The molecule has 0 aliphatic heterocycles. The lowest BCUT2D eigenvalue weighted by molar-refractivity contribution is 0.271. The summed E-state index contributed by atoms with van der Waals surface area (Å²) in [6.45, 7) is -0.253. The van der Waals surface area contributed by atoms with Gasteiger partial charge in [0.05, 0.1) is 5.39 Å². The molecule has 0 aliphatic carbocycles. The Morgan fingerprint density at radius 3 is 3.00 bits per heavy atom. The molecular weight excluding hydrogens is 256 g/mol. The highest BCUT2D eigenvalue weighted by molar-refractivity contribution is 7.18. The smallest absolute Gasteiger partial charge is 0.260 e. The number of rotatable bonds is 2. The van der Waals surface area contributed by atoms with Gasteiger partial charge in [0.2, 0.25) is 0 Å². The zero-order valence-corrected chi connectivity index (χ0v) is 10.3. The van der Waals surface area contributed by atoms with E-state index in [2.05, 4.69) is 9.97 Å². The van der Waals surface area contributed by atoms with Crippen LogP contribution in [0.3, 0.4) is 0 Å². The Labute approximate surface area is 104 Å². The highest BCUT2D eigenvalue weighted by atomic mass is 32.1. The first kappa shape index (κ1) is 10.6. The van der Waals surface area contributed by atoms with E-state index < -0.39 is 0 Å². The van der Waals surface area contributed by atoms with E-state index in [0.717, 1.165) is 10.4 Å². The number of aliphatic hydroxyl groups excluding tert-OH is 1. The van der Waals surface area contributed by atoms with Crippen molar-refractivity contribution in [1.29, 1.82) is 0 Å². The lowest BCUT2D eigenvalue weighted by Gasteiger charge is -1.97. The van der Waals surface area contributed by atoms with E-state index in [4.69, 9.17) is 5.11 Å². The van der Waals surface area contributed by atoms with E-state index in [1.165, 1.54) is 11.3 Å². The molecule has 0 saturated carbocycles. The Balaban J connectivity index is 2.33. The Morgan fingerprint density at radius 1 is 1.41 bits per heavy atom. The van der Waals surface area contributed by atoms with Gasteiger partial charge in [-0.25, -0.2) is 4.98 Å². The van der Waals surface area contributed by atoms with Crippen molar-refractivity contribution in [2.75, 3.05) is 0 Å². The van der Waals surface area contributed by atoms with Gasteiger partial charge in [0.25, 0.3) is 5.56 Å². The fraction of sp³-hybridized carbons (Fsp3) is 0.0909. The maximum atomic E-state index is 11.9. The van der Waals surface area contributed by atoms with Crippen LogP contribution in [0.5, 0.6) is 0 Å². The molecule has 86 valence electrons. The van der Waals surface area contributed by atoms with Crippen molar-refractivity contribution in [2.24, 2.45) is 0 Å². The molecule has 0 atom stereocenters. The Hall–Kier alpha value is -1.50. The van der Waals surface area contributed by atoms with Crippen LogP contribution in [0.4, 0.5) is 0 Å². The lowest BCUT2D eigenvalue weighted by Crippen LogP contribution is -2.11. The average molecular weight is 264 g/mol. The minimum absolute atomic E-state index is 0.191. The molecule has 2 N–H and O–H groups in total. The average Bonchev–Trinajstić information content (AvgIpc) is 2.96. The molecule has 0 fully saturated rings. The molecular formula is C11H8N2O2S2. The zero-order valence-electron chi connectivity index (χ0n) is 8.64. The van der Waals surface area contributed by atoms with Crippen molar-refractivity contribution in [2.45, 2.75) is 6.61 Å². The molecule has 3 rings (SSSR count). The molecule has 3 aromatic heterocycles. The van der Waals surface area contributed by atoms with Crippen LogP contribution in [-0.2, 0) is 6.61 Å². The summed E-state index contributed by atoms with van der Waals surface area (Å²) in [7, 11) is 0. The van der Waals surface area contributed by atoms with Gasteiger partial charge in [-0.15, -0.1) is 22.7 Å². The quantitative estimate of drug-likeness (QED) is 0.745. The Morgan fingerprint density at radius 2 is 2.29 bits per heavy atom. The van der Waals surface area contributed by atoms with Crippen molar-refractivity contribution in [3.63, 3.8) is 0 Å². The molecule has 0 unspecified atom stereocenters. The van der Waals surface area contributed by atoms with Crippen LogP contribution in [0.2, 0.25) is 0 Å². The van der Waals surface area contributed by atoms with Crippen LogP contribution < -0.4 is 5.56 Å². The van der Waals surface area contributed by atoms with Crippen LogP contribution >= 0.6 is 22.7 Å². The Kier molecular flexibility index (Phi) is 2.54. The van der Waals surface area contributed by atoms with E-state index in [-0.39, 0.29) is 12.2 Å². The highest BCUT2D eigenvalue weighted by Gasteiger charge is 2.12. The molecule has 0 saturated heterocycles. The van der Waals surface area contributed by atoms with Gasteiger partial charge in [0.1, 0.15) is 17.3 Å². The first-order valence-corrected chi connectivity index (χ1v) is 6.70. The van der Waals surface area contributed by atoms with Gasteiger partial charge in [0, 0.05) is 15.8 Å². The predicted molar refractivity (Wildman–Crippen MR) is 69.5 cm³/mol. The number of nitrogens with one attached hydrogen (secondary N) is 1. The zero-order chi connectivity index (χ0) is 11.8. The molecule has 0 radical (unpaired) electrons. The minimum Gasteiger partial charge on any atom is -0.388 e. The number of aliphatic hydroxyl groups is 1. The van der Waals surface area contributed by atoms with E-state index in [0.29, 0.717) is 16.0 Å². The largest absolute Gasteiger partial charge is 0.388 e. The van der Waals surface area contributed by atoms with Gasteiger partial charge < -0.3 is 10.1 Å². The van der Waals surface area contributed by atoms with Gasteiger partial charge in [-0.05, 0) is 11.4 Å². The minimum atomic E-state index is -0.253. The van der Waals surface area contributed by atoms with E-state index in [1.54, 1.807) is 11.3 Å². The second-order valence-corrected chi connectivity index (χ2v) is 5.28.